The molecule has 3 rings (SSSR count). The first-order valence-corrected chi connectivity index (χ1v) is 12.8. The van der Waals surface area contributed by atoms with E-state index in [-0.39, 0.29) is 42.9 Å². The summed E-state index contributed by atoms with van der Waals surface area (Å²) in [5.74, 6) is -5.73. The maximum atomic E-state index is 13.1. The zero-order valence-electron chi connectivity index (χ0n) is 22.0. The summed E-state index contributed by atoms with van der Waals surface area (Å²) in [6.07, 6.45) is -0.0539. The molecule has 0 aromatic heterocycles. The molecule has 12 heteroatoms. The molecule has 0 aliphatic carbocycles. The van der Waals surface area contributed by atoms with Gasteiger partial charge in [-0.3, -0.25) is 24.2 Å². The number of hydrogen-bond acceptors (Lipinski definition) is 7. The largest absolute Gasteiger partial charge is 0.478 e. The molecule has 3 aromatic carbocycles. The van der Waals surface area contributed by atoms with Gasteiger partial charge in [0.05, 0.1) is 29.5 Å². The molecule has 214 valence electrons. The number of amides is 3. The summed E-state index contributed by atoms with van der Waals surface area (Å²) >= 11 is 5.91. The number of para-hydroxylation sites is 1. The number of carboxylic acids is 2. The molecule has 0 saturated carbocycles. The van der Waals surface area contributed by atoms with Crippen molar-refractivity contribution in [2.45, 2.75) is 32.4 Å². The minimum Gasteiger partial charge on any atom is -0.478 e. The van der Waals surface area contributed by atoms with Crippen molar-refractivity contribution in [1.29, 1.82) is 0 Å². The molecular weight excluding hydrogens is 554 g/mol. The predicted octanol–water partition coefficient (Wildman–Crippen LogP) is 2.77. The van der Waals surface area contributed by atoms with Gasteiger partial charge in [-0.25, -0.2) is 9.59 Å². The number of benzene rings is 3. The van der Waals surface area contributed by atoms with Crippen LogP contribution in [0.4, 0.5) is 11.4 Å². The van der Waals surface area contributed by atoms with Crippen molar-refractivity contribution in [1.82, 2.24) is 4.90 Å². The lowest BCUT2D eigenvalue weighted by Crippen LogP contribution is -2.46. The van der Waals surface area contributed by atoms with Gasteiger partial charge in [-0.2, -0.15) is 0 Å². The Kier molecular flexibility index (Phi) is 10.3. The molecule has 0 bridgehead atoms. The van der Waals surface area contributed by atoms with Crippen LogP contribution in [0.15, 0.2) is 66.7 Å². The fourth-order valence-corrected chi connectivity index (χ4v) is 4.38. The van der Waals surface area contributed by atoms with Gasteiger partial charge in [-0.1, -0.05) is 48.0 Å². The Hall–Kier alpha value is -4.58. The second kappa shape index (κ2) is 13.7. The number of hydrogen-bond donors (Lipinski definition) is 4. The van der Waals surface area contributed by atoms with E-state index in [1.165, 1.54) is 43.3 Å². The van der Waals surface area contributed by atoms with Gasteiger partial charge in [-0.05, 0) is 59.9 Å². The van der Waals surface area contributed by atoms with Gasteiger partial charge in [-0.15, -0.1) is 0 Å². The van der Waals surface area contributed by atoms with Crippen molar-refractivity contribution in [3.8, 4) is 0 Å². The normalized spacial score (nSPS) is 11.4. The maximum Gasteiger partial charge on any atom is 0.395 e. The molecule has 11 nitrogen and oxygen atoms in total. The van der Waals surface area contributed by atoms with Crippen molar-refractivity contribution in [2.24, 2.45) is 5.73 Å². The number of nitrogens with two attached hydrogens (primary N) is 1. The van der Waals surface area contributed by atoms with Crippen LogP contribution in [0, 0.1) is 0 Å². The van der Waals surface area contributed by atoms with Crippen molar-refractivity contribution < 1.29 is 39.3 Å². The third-order valence-corrected chi connectivity index (χ3v) is 6.45. The van der Waals surface area contributed by atoms with Crippen molar-refractivity contribution in [2.75, 3.05) is 11.5 Å². The fourth-order valence-electron chi connectivity index (χ4n) is 4.26. The number of halogens is 1. The minimum absolute atomic E-state index is 0.0109. The molecule has 0 aliphatic rings. The number of aliphatic carboxylic acids is 1. The first-order valence-electron chi connectivity index (χ1n) is 12.4. The standard InChI is InChI=1S/C29H28ClN3O8/c1-17(35)32(16-18-6-9-21(30)10-7-18)26(36)23(31)15-19-8-11-24(20(14-19)12-13-34)33(27(37)29(40)41)25-5-3-2-4-22(25)28(38)39/h2-11,14,23,34H,12-13,15-16,31H2,1H3,(H,38,39)(H,40,41). The monoisotopic (exact) mass is 581 g/mol. The van der Waals surface area contributed by atoms with E-state index in [0.717, 1.165) is 9.80 Å². The zero-order chi connectivity index (χ0) is 30.3. The predicted molar refractivity (Wildman–Crippen MR) is 150 cm³/mol. The molecule has 1 atom stereocenters. The molecule has 3 aromatic rings. The van der Waals surface area contributed by atoms with Crippen molar-refractivity contribution >= 4 is 52.6 Å². The van der Waals surface area contributed by atoms with E-state index in [4.69, 9.17) is 17.3 Å². The van der Waals surface area contributed by atoms with E-state index in [2.05, 4.69) is 0 Å². The summed E-state index contributed by atoms with van der Waals surface area (Å²) in [5.41, 5.74) is 7.24. The number of carbonyl (C=O) groups is 5. The van der Waals surface area contributed by atoms with Crippen LogP contribution in [-0.4, -0.2) is 62.5 Å². The molecule has 41 heavy (non-hydrogen) atoms. The van der Waals surface area contributed by atoms with Gasteiger partial charge in [0.15, 0.2) is 0 Å². The van der Waals surface area contributed by atoms with Crippen LogP contribution in [0.2, 0.25) is 5.02 Å². The van der Waals surface area contributed by atoms with E-state index >= 15 is 0 Å². The Morgan fingerprint density at radius 1 is 0.902 bits per heavy atom. The highest BCUT2D eigenvalue weighted by Gasteiger charge is 2.30. The molecule has 0 radical (unpaired) electrons. The van der Waals surface area contributed by atoms with Crippen LogP contribution in [0.5, 0.6) is 0 Å². The first-order chi connectivity index (χ1) is 19.4. The summed E-state index contributed by atoms with van der Waals surface area (Å²) in [6.45, 7) is 0.858. The molecule has 0 saturated heterocycles. The number of imide groups is 1. The third kappa shape index (κ3) is 7.54. The van der Waals surface area contributed by atoms with E-state index in [0.29, 0.717) is 21.7 Å². The van der Waals surface area contributed by atoms with E-state index in [1.807, 2.05) is 0 Å². The summed E-state index contributed by atoms with van der Waals surface area (Å²) in [4.78, 5) is 63.5. The van der Waals surface area contributed by atoms with E-state index in [1.54, 1.807) is 30.3 Å². The topological polar surface area (TPSA) is 179 Å². The van der Waals surface area contributed by atoms with Crippen LogP contribution < -0.4 is 10.6 Å². The van der Waals surface area contributed by atoms with Gasteiger partial charge < -0.3 is 21.1 Å². The number of carbonyl (C=O) groups excluding carboxylic acids is 3. The number of rotatable bonds is 10. The summed E-state index contributed by atoms with van der Waals surface area (Å²) in [7, 11) is 0. The third-order valence-electron chi connectivity index (χ3n) is 6.20. The lowest BCUT2D eigenvalue weighted by Gasteiger charge is -2.26. The van der Waals surface area contributed by atoms with Crippen LogP contribution in [0.25, 0.3) is 0 Å². The molecule has 0 spiro atoms. The summed E-state index contributed by atoms with van der Waals surface area (Å²) in [6, 6.07) is 15.4. The van der Waals surface area contributed by atoms with Gasteiger partial charge in [0.1, 0.15) is 0 Å². The fraction of sp³-hybridized carbons (Fsp3) is 0.207. The minimum atomic E-state index is -1.82. The molecule has 3 amide bonds. The molecule has 0 fully saturated rings. The Balaban J connectivity index is 1.96. The first kappa shape index (κ1) is 31.0. The Morgan fingerprint density at radius 2 is 1.54 bits per heavy atom. The molecule has 1 unspecified atom stereocenters. The number of aliphatic hydroxyl groups excluding tert-OH is 1. The second-order valence-corrected chi connectivity index (χ2v) is 9.52. The maximum absolute atomic E-state index is 13.1. The van der Waals surface area contributed by atoms with E-state index < -0.39 is 35.7 Å². The Morgan fingerprint density at radius 3 is 2.12 bits per heavy atom. The van der Waals surface area contributed by atoms with Gasteiger partial charge in [0.2, 0.25) is 11.8 Å². The van der Waals surface area contributed by atoms with E-state index in [9.17, 15) is 39.3 Å². The lowest BCUT2D eigenvalue weighted by molar-refractivity contribution is -0.148. The number of carboxylic acid groups (broad SMARTS) is 2. The van der Waals surface area contributed by atoms with Crippen LogP contribution >= 0.6 is 11.6 Å². The van der Waals surface area contributed by atoms with Crippen LogP contribution in [0.1, 0.15) is 34.0 Å². The zero-order valence-corrected chi connectivity index (χ0v) is 22.7. The lowest BCUT2D eigenvalue weighted by atomic mass is 9.98. The summed E-state index contributed by atoms with van der Waals surface area (Å²) in [5, 5.41) is 29.3. The van der Waals surface area contributed by atoms with Gasteiger partial charge in [0.25, 0.3) is 0 Å². The van der Waals surface area contributed by atoms with Gasteiger partial charge >= 0.3 is 17.8 Å². The number of nitrogens with zero attached hydrogens (tertiary/aromatic N) is 2. The molecule has 5 N–H and O–H groups in total. The van der Waals surface area contributed by atoms with Crippen LogP contribution in [-0.2, 0) is 38.6 Å². The second-order valence-electron chi connectivity index (χ2n) is 9.09. The van der Waals surface area contributed by atoms with Crippen LogP contribution in [0.3, 0.4) is 0 Å². The summed E-state index contributed by atoms with van der Waals surface area (Å²) < 4.78 is 0. The SMILES string of the molecule is CC(=O)N(Cc1ccc(Cl)cc1)C(=O)C(N)Cc1ccc(N(C(=O)C(=O)O)c2ccccc2C(=O)O)c(CCO)c1. The highest BCUT2D eigenvalue weighted by Crippen LogP contribution is 2.33. The quantitative estimate of drug-likeness (QED) is 0.262. The molecule has 0 aliphatic heterocycles. The molecular formula is C29H28ClN3O8. The highest BCUT2D eigenvalue weighted by molar-refractivity contribution is 6.39. The molecule has 0 heterocycles. The average Bonchev–Trinajstić information content (AvgIpc) is 2.93. The van der Waals surface area contributed by atoms with Crippen molar-refractivity contribution in [3.63, 3.8) is 0 Å². The number of aliphatic hydroxyl groups is 1. The highest BCUT2D eigenvalue weighted by atomic mass is 35.5. The van der Waals surface area contributed by atoms with Crippen molar-refractivity contribution in [3.05, 3.63) is 94.0 Å². The number of anilines is 2. The Bertz CT molecular complexity index is 1480. The smallest absolute Gasteiger partial charge is 0.395 e. The van der Waals surface area contributed by atoms with Gasteiger partial charge in [0, 0.05) is 18.6 Å². The Labute approximate surface area is 240 Å². The number of aromatic carboxylic acids is 1. The average molecular weight is 582 g/mol.